The normalized spacial score (nSPS) is 16.0. The number of aromatic nitrogens is 4. The molecule has 0 saturated carbocycles. The lowest BCUT2D eigenvalue weighted by molar-refractivity contribution is 0.290. The van der Waals surface area contributed by atoms with Gasteiger partial charge in [-0.2, -0.15) is 5.10 Å². The van der Waals surface area contributed by atoms with E-state index in [2.05, 4.69) is 55.2 Å². The van der Waals surface area contributed by atoms with Gasteiger partial charge in [-0.25, -0.2) is 9.97 Å². The first-order valence-corrected chi connectivity index (χ1v) is 9.88. The van der Waals surface area contributed by atoms with E-state index in [4.69, 9.17) is 0 Å². The average molecular weight is 364 g/mol. The van der Waals surface area contributed by atoms with Crippen molar-refractivity contribution < 1.29 is 0 Å². The smallest absolute Gasteiger partial charge is 0.163 e. The maximum absolute atomic E-state index is 4.62. The Morgan fingerprint density at radius 3 is 2.70 bits per heavy atom. The molecule has 1 aliphatic heterocycles. The van der Waals surface area contributed by atoms with Crippen molar-refractivity contribution in [2.24, 2.45) is 7.05 Å². The van der Waals surface area contributed by atoms with Crippen LogP contribution in [-0.4, -0.2) is 57.4 Å². The quantitative estimate of drug-likeness (QED) is 0.697. The van der Waals surface area contributed by atoms with Gasteiger partial charge in [-0.3, -0.25) is 4.68 Å². The molecular formula is C21H28N6. The Hall–Kier alpha value is -2.47. The molecule has 6 heteroatoms. The molecule has 0 bridgehead atoms. The number of benzene rings is 1. The van der Waals surface area contributed by atoms with Crippen LogP contribution in [0.4, 0.5) is 5.82 Å². The lowest BCUT2D eigenvalue weighted by atomic mass is 10.1. The standard InChI is InChI=1S/C21H28N6/c1-17-19-20(25(2)24-17)22-16-23-21(19)27-13-7-12-26(14-15-27)11-6-10-18-8-4-3-5-9-18/h3-5,8-9,16H,6-7,10-15H2,1-2H3. The van der Waals surface area contributed by atoms with E-state index in [0.29, 0.717) is 0 Å². The van der Waals surface area contributed by atoms with Crippen LogP contribution < -0.4 is 4.90 Å². The van der Waals surface area contributed by atoms with Crippen molar-refractivity contribution in [1.82, 2.24) is 24.6 Å². The molecule has 1 aliphatic rings. The van der Waals surface area contributed by atoms with Gasteiger partial charge in [-0.1, -0.05) is 30.3 Å². The maximum Gasteiger partial charge on any atom is 0.163 e. The van der Waals surface area contributed by atoms with Crippen LogP contribution in [0.1, 0.15) is 24.1 Å². The van der Waals surface area contributed by atoms with Gasteiger partial charge in [0.25, 0.3) is 0 Å². The Kier molecular flexibility index (Phi) is 5.34. The number of hydrogen-bond donors (Lipinski definition) is 0. The van der Waals surface area contributed by atoms with Gasteiger partial charge in [0.1, 0.15) is 12.1 Å². The van der Waals surface area contributed by atoms with E-state index < -0.39 is 0 Å². The molecule has 142 valence electrons. The molecule has 0 unspecified atom stereocenters. The summed E-state index contributed by atoms with van der Waals surface area (Å²) < 4.78 is 1.85. The molecule has 1 fully saturated rings. The van der Waals surface area contributed by atoms with E-state index >= 15 is 0 Å². The summed E-state index contributed by atoms with van der Waals surface area (Å²) >= 11 is 0. The molecule has 4 rings (SSSR count). The highest BCUT2D eigenvalue weighted by Gasteiger charge is 2.20. The van der Waals surface area contributed by atoms with Gasteiger partial charge in [0, 0.05) is 26.7 Å². The molecule has 3 aromatic rings. The lowest BCUT2D eigenvalue weighted by Crippen LogP contribution is -2.32. The predicted molar refractivity (Wildman–Crippen MR) is 109 cm³/mol. The van der Waals surface area contributed by atoms with Crippen molar-refractivity contribution in [3.8, 4) is 0 Å². The fourth-order valence-corrected chi connectivity index (χ4v) is 4.06. The summed E-state index contributed by atoms with van der Waals surface area (Å²) in [5.41, 5.74) is 3.36. The SMILES string of the molecule is Cc1nn(C)c2ncnc(N3CCCN(CCCc4ccccc4)CC3)c12. The van der Waals surface area contributed by atoms with Crippen LogP contribution >= 0.6 is 0 Å². The topological polar surface area (TPSA) is 50.1 Å². The van der Waals surface area contributed by atoms with E-state index in [1.54, 1.807) is 6.33 Å². The van der Waals surface area contributed by atoms with Crippen LogP contribution in [0, 0.1) is 6.92 Å². The second kappa shape index (κ2) is 8.05. The van der Waals surface area contributed by atoms with E-state index in [0.717, 1.165) is 68.1 Å². The molecule has 27 heavy (non-hydrogen) atoms. The van der Waals surface area contributed by atoms with Gasteiger partial charge < -0.3 is 9.80 Å². The summed E-state index contributed by atoms with van der Waals surface area (Å²) in [6.45, 7) is 7.49. The van der Waals surface area contributed by atoms with Crippen molar-refractivity contribution in [2.45, 2.75) is 26.2 Å². The lowest BCUT2D eigenvalue weighted by Gasteiger charge is -2.23. The van der Waals surface area contributed by atoms with Crippen LogP contribution in [-0.2, 0) is 13.5 Å². The van der Waals surface area contributed by atoms with Crippen LogP contribution in [0.15, 0.2) is 36.7 Å². The summed E-state index contributed by atoms with van der Waals surface area (Å²) in [7, 11) is 1.95. The summed E-state index contributed by atoms with van der Waals surface area (Å²) in [6, 6.07) is 10.8. The highest BCUT2D eigenvalue weighted by atomic mass is 15.3. The largest absolute Gasteiger partial charge is 0.355 e. The molecular weight excluding hydrogens is 336 g/mol. The molecule has 2 aromatic heterocycles. The highest BCUT2D eigenvalue weighted by molar-refractivity contribution is 5.89. The van der Waals surface area contributed by atoms with Gasteiger partial charge in [-0.05, 0) is 44.8 Å². The summed E-state index contributed by atoms with van der Waals surface area (Å²) in [5, 5.41) is 5.63. The minimum absolute atomic E-state index is 0.918. The minimum atomic E-state index is 0.918. The second-order valence-electron chi connectivity index (χ2n) is 7.38. The Balaban J connectivity index is 1.39. The van der Waals surface area contributed by atoms with Crippen molar-refractivity contribution in [3.05, 3.63) is 47.9 Å². The van der Waals surface area contributed by atoms with Crippen LogP contribution in [0.25, 0.3) is 11.0 Å². The van der Waals surface area contributed by atoms with Crippen molar-refractivity contribution in [3.63, 3.8) is 0 Å². The molecule has 0 atom stereocenters. The van der Waals surface area contributed by atoms with Gasteiger partial charge in [0.2, 0.25) is 0 Å². The first-order chi connectivity index (χ1) is 13.2. The van der Waals surface area contributed by atoms with Crippen molar-refractivity contribution in [1.29, 1.82) is 0 Å². The van der Waals surface area contributed by atoms with Gasteiger partial charge in [-0.15, -0.1) is 0 Å². The van der Waals surface area contributed by atoms with E-state index in [1.165, 1.54) is 12.0 Å². The predicted octanol–water partition coefficient (Wildman–Crippen LogP) is 2.82. The first-order valence-electron chi connectivity index (χ1n) is 9.88. The van der Waals surface area contributed by atoms with Gasteiger partial charge in [0.15, 0.2) is 5.65 Å². The third-order valence-corrected chi connectivity index (χ3v) is 5.45. The summed E-state index contributed by atoms with van der Waals surface area (Å²) in [5.74, 6) is 1.04. The third kappa shape index (κ3) is 3.95. The van der Waals surface area contributed by atoms with Gasteiger partial charge >= 0.3 is 0 Å². The molecule has 0 amide bonds. The van der Waals surface area contributed by atoms with Crippen LogP contribution in [0.3, 0.4) is 0 Å². The zero-order valence-corrected chi connectivity index (χ0v) is 16.3. The summed E-state index contributed by atoms with van der Waals surface area (Å²) in [6.07, 6.45) is 5.20. The first kappa shape index (κ1) is 17.9. The molecule has 0 aliphatic carbocycles. The van der Waals surface area contributed by atoms with Crippen molar-refractivity contribution in [2.75, 3.05) is 37.6 Å². The molecule has 1 aromatic carbocycles. The Bertz CT molecular complexity index is 888. The maximum atomic E-state index is 4.62. The Morgan fingerprint density at radius 2 is 1.85 bits per heavy atom. The number of fused-ring (bicyclic) bond motifs is 1. The zero-order chi connectivity index (χ0) is 18.6. The monoisotopic (exact) mass is 364 g/mol. The van der Waals surface area contributed by atoms with E-state index in [1.807, 2.05) is 18.7 Å². The highest BCUT2D eigenvalue weighted by Crippen LogP contribution is 2.26. The number of hydrogen-bond acceptors (Lipinski definition) is 5. The minimum Gasteiger partial charge on any atom is -0.355 e. The van der Waals surface area contributed by atoms with Gasteiger partial charge in [0.05, 0.1) is 11.1 Å². The average Bonchev–Trinajstić information content (AvgIpc) is 2.86. The zero-order valence-electron chi connectivity index (χ0n) is 16.3. The van der Waals surface area contributed by atoms with Crippen LogP contribution in [0.5, 0.6) is 0 Å². The van der Waals surface area contributed by atoms with Crippen LogP contribution in [0.2, 0.25) is 0 Å². The van der Waals surface area contributed by atoms with E-state index in [9.17, 15) is 0 Å². The Morgan fingerprint density at radius 1 is 1.00 bits per heavy atom. The second-order valence-corrected chi connectivity index (χ2v) is 7.38. The summed E-state index contributed by atoms with van der Waals surface area (Å²) in [4.78, 5) is 14.0. The molecule has 0 spiro atoms. The molecule has 0 N–H and O–H groups in total. The fourth-order valence-electron chi connectivity index (χ4n) is 4.06. The number of rotatable bonds is 5. The number of nitrogens with zero attached hydrogens (tertiary/aromatic N) is 6. The molecule has 0 radical (unpaired) electrons. The van der Waals surface area contributed by atoms with Crippen molar-refractivity contribution >= 4 is 16.9 Å². The fraction of sp³-hybridized carbons (Fsp3) is 0.476. The van der Waals surface area contributed by atoms with E-state index in [-0.39, 0.29) is 0 Å². The molecule has 3 heterocycles. The Labute approximate surface area is 160 Å². The molecule has 6 nitrogen and oxygen atoms in total. The third-order valence-electron chi connectivity index (χ3n) is 5.45. The molecule has 1 saturated heterocycles. The number of aryl methyl sites for hydroxylation is 3. The number of anilines is 1.